The van der Waals surface area contributed by atoms with Crippen molar-refractivity contribution in [3.63, 3.8) is 0 Å². The van der Waals surface area contributed by atoms with E-state index < -0.39 is 30.1 Å². The molecule has 144 valence electrons. The maximum atomic E-state index is 12.4. The molecule has 0 spiro atoms. The SMILES string of the molecule is CSCC[C@H](NC(=O)OCc1ccccc1)C(=O)N[C@@H](C(=O)O)C(C)C. The van der Waals surface area contributed by atoms with Crippen molar-refractivity contribution in [3.8, 4) is 0 Å². The molecule has 3 N–H and O–H groups in total. The summed E-state index contributed by atoms with van der Waals surface area (Å²) in [5.41, 5.74) is 0.832. The summed E-state index contributed by atoms with van der Waals surface area (Å²) in [5, 5.41) is 14.2. The topological polar surface area (TPSA) is 105 Å². The van der Waals surface area contributed by atoms with Gasteiger partial charge in [0.15, 0.2) is 0 Å². The minimum Gasteiger partial charge on any atom is -0.480 e. The first kappa shape index (κ1) is 21.8. The van der Waals surface area contributed by atoms with E-state index in [-0.39, 0.29) is 12.5 Å². The van der Waals surface area contributed by atoms with E-state index in [1.54, 1.807) is 13.8 Å². The second kappa shape index (κ2) is 11.4. The molecule has 0 aromatic heterocycles. The summed E-state index contributed by atoms with van der Waals surface area (Å²) in [6.45, 7) is 3.50. The quantitative estimate of drug-likeness (QED) is 0.573. The summed E-state index contributed by atoms with van der Waals surface area (Å²) in [7, 11) is 0. The normalized spacial score (nSPS) is 12.9. The number of benzene rings is 1. The molecule has 0 aliphatic heterocycles. The molecule has 7 nitrogen and oxygen atoms in total. The largest absolute Gasteiger partial charge is 0.480 e. The molecule has 0 saturated heterocycles. The maximum absolute atomic E-state index is 12.4. The van der Waals surface area contributed by atoms with Crippen molar-refractivity contribution in [3.05, 3.63) is 35.9 Å². The second-order valence-electron chi connectivity index (χ2n) is 6.11. The van der Waals surface area contributed by atoms with E-state index in [1.165, 1.54) is 11.8 Å². The molecule has 2 atom stereocenters. The fraction of sp³-hybridized carbons (Fsp3) is 0.500. The van der Waals surface area contributed by atoms with Crippen molar-refractivity contribution >= 4 is 29.7 Å². The van der Waals surface area contributed by atoms with Crippen molar-refractivity contribution in [2.45, 2.75) is 39.0 Å². The van der Waals surface area contributed by atoms with Crippen LogP contribution in [0.3, 0.4) is 0 Å². The Bertz CT molecular complexity index is 595. The first-order valence-electron chi connectivity index (χ1n) is 8.34. The second-order valence-corrected chi connectivity index (χ2v) is 7.09. The average molecular weight is 382 g/mol. The van der Waals surface area contributed by atoms with Crippen LogP contribution in [0.25, 0.3) is 0 Å². The Kier molecular flexibility index (Phi) is 9.57. The van der Waals surface area contributed by atoms with E-state index in [1.807, 2.05) is 36.6 Å². The van der Waals surface area contributed by atoms with Gasteiger partial charge in [-0.15, -0.1) is 0 Å². The number of alkyl carbamates (subject to hydrolysis) is 1. The van der Waals surface area contributed by atoms with E-state index in [2.05, 4.69) is 10.6 Å². The highest BCUT2D eigenvalue weighted by molar-refractivity contribution is 7.98. The van der Waals surface area contributed by atoms with Gasteiger partial charge >= 0.3 is 12.1 Å². The highest BCUT2D eigenvalue weighted by Gasteiger charge is 2.28. The highest BCUT2D eigenvalue weighted by atomic mass is 32.2. The summed E-state index contributed by atoms with van der Waals surface area (Å²) < 4.78 is 5.14. The lowest BCUT2D eigenvalue weighted by atomic mass is 10.0. The Balaban J connectivity index is 2.65. The van der Waals surface area contributed by atoms with Gasteiger partial charge in [-0.3, -0.25) is 4.79 Å². The van der Waals surface area contributed by atoms with Gasteiger partial charge in [0.05, 0.1) is 0 Å². The number of hydrogen-bond donors (Lipinski definition) is 3. The van der Waals surface area contributed by atoms with Gasteiger partial charge < -0.3 is 20.5 Å². The molecule has 0 fully saturated rings. The van der Waals surface area contributed by atoms with Gasteiger partial charge in [0.25, 0.3) is 0 Å². The molecule has 0 heterocycles. The zero-order chi connectivity index (χ0) is 19.5. The summed E-state index contributed by atoms with van der Waals surface area (Å²) in [6.07, 6.45) is 1.54. The predicted octanol–water partition coefficient (Wildman–Crippen LogP) is 2.26. The van der Waals surface area contributed by atoms with Crippen molar-refractivity contribution in [1.82, 2.24) is 10.6 Å². The molecule has 26 heavy (non-hydrogen) atoms. The van der Waals surface area contributed by atoms with E-state index in [9.17, 15) is 19.5 Å². The van der Waals surface area contributed by atoms with Crippen molar-refractivity contribution < 1.29 is 24.2 Å². The standard InChI is InChI=1S/C18H26N2O5S/c1-12(2)15(17(22)23)20-16(21)14(9-10-26-3)19-18(24)25-11-13-7-5-4-6-8-13/h4-8,12,14-15H,9-11H2,1-3H3,(H,19,24)(H,20,21)(H,22,23)/t14-,15+/m0/s1. The van der Waals surface area contributed by atoms with Crippen LogP contribution in [-0.4, -0.2) is 47.2 Å². The number of carboxylic acids is 1. The lowest BCUT2D eigenvalue weighted by molar-refractivity contribution is -0.143. The number of carboxylic acid groups (broad SMARTS) is 1. The summed E-state index contributed by atoms with van der Waals surface area (Å²) >= 11 is 1.53. The van der Waals surface area contributed by atoms with Crippen LogP contribution >= 0.6 is 11.8 Å². The third-order valence-electron chi connectivity index (χ3n) is 3.66. The van der Waals surface area contributed by atoms with Crippen molar-refractivity contribution in [2.75, 3.05) is 12.0 Å². The Hall–Kier alpha value is -2.22. The average Bonchev–Trinajstić information content (AvgIpc) is 2.61. The number of carbonyl (C=O) groups is 3. The molecule has 0 bridgehead atoms. The van der Waals surface area contributed by atoms with Crippen molar-refractivity contribution in [2.24, 2.45) is 5.92 Å². The molecule has 0 unspecified atom stereocenters. The number of nitrogens with one attached hydrogen (secondary N) is 2. The molecule has 0 radical (unpaired) electrons. The zero-order valence-electron chi connectivity index (χ0n) is 15.2. The zero-order valence-corrected chi connectivity index (χ0v) is 16.0. The van der Waals surface area contributed by atoms with Gasteiger partial charge in [-0.1, -0.05) is 44.2 Å². The lowest BCUT2D eigenvalue weighted by Crippen LogP contribution is -2.53. The Labute approximate surface area is 157 Å². The van der Waals surface area contributed by atoms with E-state index in [0.717, 1.165) is 5.56 Å². The Morgan fingerprint density at radius 3 is 2.35 bits per heavy atom. The third kappa shape index (κ3) is 7.77. The maximum Gasteiger partial charge on any atom is 0.408 e. The van der Waals surface area contributed by atoms with Crippen LogP contribution in [0.4, 0.5) is 4.79 Å². The van der Waals surface area contributed by atoms with Gasteiger partial charge in [0, 0.05) is 0 Å². The number of rotatable bonds is 10. The summed E-state index contributed by atoms with van der Waals surface area (Å²) in [6, 6.07) is 7.32. The van der Waals surface area contributed by atoms with Crippen LogP contribution in [0.2, 0.25) is 0 Å². The van der Waals surface area contributed by atoms with Crippen LogP contribution in [-0.2, 0) is 20.9 Å². The molecule has 8 heteroatoms. The summed E-state index contributed by atoms with van der Waals surface area (Å²) in [5.74, 6) is -1.28. The molecule has 0 aliphatic rings. The monoisotopic (exact) mass is 382 g/mol. The Morgan fingerprint density at radius 2 is 1.81 bits per heavy atom. The van der Waals surface area contributed by atoms with Gasteiger partial charge in [-0.05, 0) is 29.9 Å². The Morgan fingerprint density at radius 1 is 1.15 bits per heavy atom. The van der Waals surface area contributed by atoms with Crippen LogP contribution in [0, 0.1) is 5.92 Å². The van der Waals surface area contributed by atoms with E-state index in [4.69, 9.17) is 4.74 Å². The molecular formula is C18H26N2O5S. The van der Waals surface area contributed by atoms with Gasteiger partial charge in [-0.25, -0.2) is 9.59 Å². The van der Waals surface area contributed by atoms with Crippen LogP contribution in [0.15, 0.2) is 30.3 Å². The number of aliphatic carboxylic acids is 1. The molecule has 0 aliphatic carbocycles. The number of hydrogen-bond acceptors (Lipinski definition) is 5. The molecule has 1 aromatic carbocycles. The molecule has 0 saturated carbocycles. The van der Waals surface area contributed by atoms with Crippen LogP contribution < -0.4 is 10.6 Å². The molecule has 1 rings (SSSR count). The molecule has 2 amide bonds. The number of amides is 2. The van der Waals surface area contributed by atoms with Crippen LogP contribution in [0.1, 0.15) is 25.8 Å². The lowest BCUT2D eigenvalue weighted by Gasteiger charge is -2.23. The number of ether oxygens (including phenoxy) is 1. The first-order chi connectivity index (χ1) is 12.3. The number of carbonyl (C=O) groups excluding carboxylic acids is 2. The minimum atomic E-state index is -1.11. The van der Waals surface area contributed by atoms with Gasteiger partial charge in [0.2, 0.25) is 5.91 Å². The predicted molar refractivity (Wildman–Crippen MR) is 101 cm³/mol. The molecular weight excluding hydrogens is 356 g/mol. The van der Waals surface area contributed by atoms with Crippen molar-refractivity contribution in [1.29, 1.82) is 0 Å². The minimum absolute atomic E-state index is 0.0906. The van der Waals surface area contributed by atoms with E-state index in [0.29, 0.717) is 12.2 Å². The van der Waals surface area contributed by atoms with Crippen LogP contribution in [0.5, 0.6) is 0 Å². The first-order valence-corrected chi connectivity index (χ1v) is 9.73. The fourth-order valence-electron chi connectivity index (χ4n) is 2.18. The van der Waals surface area contributed by atoms with Gasteiger partial charge in [0.1, 0.15) is 18.7 Å². The summed E-state index contributed by atoms with van der Waals surface area (Å²) in [4.78, 5) is 35.7. The number of thioether (sulfide) groups is 1. The fourth-order valence-corrected chi connectivity index (χ4v) is 2.65. The van der Waals surface area contributed by atoms with E-state index >= 15 is 0 Å². The third-order valence-corrected chi connectivity index (χ3v) is 4.31. The molecule has 1 aromatic rings. The smallest absolute Gasteiger partial charge is 0.408 e. The highest BCUT2D eigenvalue weighted by Crippen LogP contribution is 2.07. The van der Waals surface area contributed by atoms with Gasteiger partial charge in [-0.2, -0.15) is 11.8 Å².